The van der Waals surface area contributed by atoms with Crippen LogP contribution in [0.3, 0.4) is 0 Å². The molecule has 10 nitrogen and oxygen atoms in total. The maximum atomic E-state index is 12.8. The van der Waals surface area contributed by atoms with Crippen LogP contribution in [0.1, 0.15) is 12.5 Å². The first-order chi connectivity index (χ1) is 15.8. The summed E-state index contributed by atoms with van der Waals surface area (Å²) in [7, 11) is 1.40. The first-order valence-electron chi connectivity index (χ1n) is 10.1. The van der Waals surface area contributed by atoms with E-state index in [-0.39, 0.29) is 47.1 Å². The molecule has 33 heavy (non-hydrogen) atoms. The summed E-state index contributed by atoms with van der Waals surface area (Å²) in [5.74, 6) is -1.05. The van der Waals surface area contributed by atoms with Crippen LogP contribution in [0, 0.1) is 0 Å². The van der Waals surface area contributed by atoms with E-state index < -0.39 is 17.1 Å². The summed E-state index contributed by atoms with van der Waals surface area (Å²) in [4.78, 5) is 51.8. The van der Waals surface area contributed by atoms with E-state index in [0.29, 0.717) is 31.9 Å². The van der Waals surface area contributed by atoms with Crippen LogP contribution in [-0.2, 0) is 23.9 Å². The molecule has 0 aromatic heterocycles. The van der Waals surface area contributed by atoms with Gasteiger partial charge in [0.1, 0.15) is 6.54 Å². The number of carbonyl (C=O) groups is 4. The number of hydrogen-bond acceptors (Lipinski definition) is 9. The van der Waals surface area contributed by atoms with Gasteiger partial charge < -0.3 is 23.8 Å². The fourth-order valence-electron chi connectivity index (χ4n) is 3.13. The number of methoxy groups -OCH3 is 1. The molecule has 2 aliphatic heterocycles. The van der Waals surface area contributed by atoms with Crippen LogP contribution in [0.25, 0.3) is 6.08 Å². The summed E-state index contributed by atoms with van der Waals surface area (Å²) < 4.78 is 20.7. The molecule has 3 amide bonds. The minimum absolute atomic E-state index is 0.145. The minimum Gasteiger partial charge on any atom is -0.493 e. The molecule has 12 heteroatoms. The second kappa shape index (κ2) is 11.4. The third kappa shape index (κ3) is 6.18. The third-order valence-electron chi connectivity index (χ3n) is 4.72. The van der Waals surface area contributed by atoms with E-state index in [0.717, 1.165) is 16.7 Å². The highest BCUT2D eigenvalue weighted by atomic mass is 35.5. The zero-order chi connectivity index (χ0) is 24.0. The van der Waals surface area contributed by atoms with Crippen LogP contribution < -0.4 is 9.47 Å². The molecule has 0 atom stereocenters. The van der Waals surface area contributed by atoms with Crippen LogP contribution in [0.2, 0.25) is 5.02 Å². The van der Waals surface area contributed by atoms with E-state index in [4.69, 9.17) is 30.5 Å². The highest BCUT2D eigenvalue weighted by Gasteiger charge is 2.37. The first-order valence-corrected chi connectivity index (χ1v) is 11.3. The number of halogens is 1. The van der Waals surface area contributed by atoms with Crippen molar-refractivity contribution in [1.29, 1.82) is 0 Å². The van der Waals surface area contributed by atoms with Gasteiger partial charge in [0, 0.05) is 13.1 Å². The Balaban J connectivity index is 1.73. The Morgan fingerprint density at radius 2 is 1.97 bits per heavy atom. The number of esters is 1. The Labute approximate surface area is 199 Å². The van der Waals surface area contributed by atoms with E-state index in [9.17, 15) is 19.2 Å². The van der Waals surface area contributed by atoms with Crippen molar-refractivity contribution in [2.24, 2.45) is 0 Å². The second-order valence-electron chi connectivity index (χ2n) is 6.89. The summed E-state index contributed by atoms with van der Waals surface area (Å²) in [5.41, 5.74) is 0.477. The fourth-order valence-corrected chi connectivity index (χ4v) is 4.24. The van der Waals surface area contributed by atoms with E-state index in [1.165, 1.54) is 19.3 Å². The van der Waals surface area contributed by atoms with Crippen molar-refractivity contribution in [3.05, 3.63) is 27.6 Å². The zero-order valence-corrected chi connectivity index (χ0v) is 19.7. The average molecular weight is 499 g/mol. The first kappa shape index (κ1) is 24.9. The average Bonchev–Trinajstić information content (AvgIpc) is 3.06. The lowest BCUT2D eigenvalue weighted by atomic mass is 10.1. The SMILES string of the molecule is CCOC(=O)COc1c(Cl)cc(/C=C2\SC(=O)N(CC(=O)N3CCOCC3)C2=O)cc1OC. The molecule has 178 valence electrons. The van der Waals surface area contributed by atoms with Crippen molar-refractivity contribution in [2.45, 2.75) is 6.92 Å². The van der Waals surface area contributed by atoms with Crippen LogP contribution in [0.5, 0.6) is 11.5 Å². The van der Waals surface area contributed by atoms with Crippen molar-refractivity contribution < 1.29 is 38.1 Å². The number of rotatable bonds is 8. The lowest BCUT2D eigenvalue weighted by molar-refractivity contribution is -0.145. The molecule has 0 N–H and O–H groups in total. The Morgan fingerprint density at radius 3 is 2.64 bits per heavy atom. The van der Waals surface area contributed by atoms with E-state index in [1.807, 2.05) is 0 Å². The summed E-state index contributed by atoms with van der Waals surface area (Å²) >= 11 is 7.03. The number of carbonyl (C=O) groups excluding carboxylic acids is 4. The number of amides is 3. The van der Waals surface area contributed by atoms with Crippen molar-refractivity contribution in [3.63, 3.8) is 0 Å². The van der Waals surface area contributed by atoms with E-state index in [1.54, 1.807) is 17.9 Å². The smallest absolute Gasteiger partial charge is 0.344 e. The molecule has 2 aliphatic rings. The van der Waals surface area contributed by atoms with E-state index in [2.05, 4.69) is 0 Å². The number of imide groups is 1. The fraction of sp³-hybridized carbons (Fsp3) is 0.429. The standard InChI is InChI=1S/C21H23ClN2O8S/c1-3-31-18(26)12-32-19-14(22)8-13(9-15(19)29-2)10-16-20(27)24(21(28)33-16)11-17(25)23-4-6-30-7-5-23/h8-10H,3-7,11-12H2,1-2H3/b16-10-. The van der Waals surface area contributed by atoms with Crippen LogP contribution in [0.4, 0.5) is 4.79 Å². The predicted octanol–water partition coefficient (Wildman–Crippen LogP) is 2.19. The highest BCUT2D eigenvalue weighted by Crippen LogP contribution is 2.39. The Morgan fingerprint density at radius 1 is 1.24 bits per heavy atom. The van der Waals surface area contributed by atoms with Gasteiger partial charge in [0.15, 0.2) is 18.1 Å². The molecule has 0 bridgehead atoms. The van der Waals surface area contributed by atoms with Crippen LogP contribution >= 0.6 is 23.4 Å². The number of nitrogens with zero attached hydrogens (tertiary/aromatic N) is 2. The number of morpholine rings is 1. The molecule has 1 aromatic carbocycles. The maximum Gasteiger partial charge on any atom is 0.344 e. The molecule has 1 aromatic rings. The van der Waals surface area contributed by atoms with Crippen LogP contribution in [0.15, 0.2) is 17.0 Å². The lowest BCUT2D eigenvalue weighted by Gasteiger charge is -2.28. The Kier molecular flexibility index (Phi) is 8.59. The number of hydrogen-bond donors (Lipinski definition) is 0. The summed E-state index contributed by atoms with van der Waals surface area (Å²) in [6.07, 6.45) is 1.48. The van der Waals surface area contributed by atoms with Gasteiger partial charge in [0.25, 0.3) is 11.1 Å². The normalized spacial score (nSPS) is 17.5. The minimum atomic E-state index is -0.565. The van der Waals surface area contributed by atoms with Crippen LogP contribution in [-0.4, -0.2) is 86.0 Å². The number of ether oxygens (including phenoxy) is 4. The van der Waals surface area contributed by atoms with E-state index >= 15 is 0 Å². The largest absolute Gasteiger partial charge is 0.493 e. The quantitative estimate of drug-likeness (QED) is 0.393. The summed E-state index contributed by atoms with van der Waals surface area (Å²) in [6.45, 7) is 2.93. The van der Waals surface area contributed by atoms with Crippen molar-refractivity contribution in [1.82, 2.24) is 9.80 Å². The number of benzene rings is 1. The molecule has 2 saturated heterocycles. The molecule has 3 rings (SSSR count). The lowest BCUT2D eigenvalue weighted by Crippen LogP contribution is -2.46. The van der Waals surface area contributed by atoms with Crippen molar-refractivity contribution in [3.8, 4) is 11.5 Å². The monoisotopic (exact) mass is 498 g/mol. The molecule has 2 heterocycles. The second-order valence-corrected chi connectivity index (χ2v) is 8.29. The topological polar surface area (TPSA) is 112 Å². The zero-order valence-electron chi connectivity index (χ0n) is 18.1. The molecular formula is C21H23ClN2O8S. The maximum absolute atomic E-state index is 12.8. The predicted molar refractivity (Wildman–Crippen MR) is 120 cm³/mol. The van der Waals surface area contributed by atoms with Gasteiger partial charge >= 0.3 is 5.97 Å². The van der Waals surface area contributed by atoms with Gasteiger partial charge in [-0.2, -0.15) is 0 Å². The van der Waals surface area contributed by atoms with Crippen molar-refractivity contribution >= 4 is 52.5 Å². The van der Waals surface area contributed by atoms with Gasteiger partial charge in [-0.25, -0.2) is 4.79 Å². The van der Waals surface area contributed by atoms with Gasteiger partial charge in [-0.05, 0) is 42.5 Å². The molecule has 0 saturated carbocycles. The Hall–Kier alpha value is -2.76. The van der Waals surface area contributed by atoms with Gasteiger partial charge in [-0.3, -0.25) is 19.3 Å². The Bertz CT molecular complexity index is 977. The third-order valence-corrected chi connectivity index (χ3v) is 5.91. The molecule has 2 fully saturated rings. The molecule has 0 aliphatic carbocycles. The summed E-state index contributed by atoms with van der Waals surface area (Å²) in [6, 6.07) is 3.07. The van der Waals surface area contributed by atoms with Gasteiger partial charge in [-0.1, -0.05) is 11.6 Å². The summed E-state index contributed by atoms with van der Waals surface area (Å²) in [5, 5.41) is -0.382. The number of thioether (sulfide) groups is 1. The van der Waals surface area contributed by atoms with Gasteiger partial charge in [0.05, 0.1) is 36.9 Å². The molecule has 0 unspecified atom stereocenters. The molecule has 0 radical (unpaired) electrons. The van der Waals surface area contributed by atoms with Gasteiger partial charge in [0.2, 0.25) is 5.91 Å². The van der Waals surface area contributed by atoms with Gasteiger partial charge in [-0.15, -0.1) is 0 Å². The van der Waals surface area contributed by atoms with Crippen molar-refractivity contribution in [2.75, 3.05) is 53.2 Å². The molecule has 0 spiro atoms. The molecular weight excluding hydrogens is 476 g/mol. The highest BCUT2D eigenvalue weighted by molar-refractivity contribution is 8.18.